The van der Waals surface area contributed by atoms with Crippen LogP contribution in [-0.4, -0.2) is 24.5 Å². The molecule has 1 aromatic heterocycles. The molecule has 9 heteroatoms. The van der Waals surface area contributed by atoms with Crippen molar-refractivity contribution in [2.75, 3.05) is 0 Å². The molecule has 2 rings (SSSR count). The molecule has 0 aliphatic rings. The van der Waals surface area contributed by atoms with Gasteiger partial charge in [0.05, 0.1) is 5.75 Å². The molecule has 136 valence electrons. The zero-order valence-electron chi connectivity index (χ0n) is 14.2. The van der Waals surface area contributed by atoms with E-state index in [-0.39, 0.29) is 29.7 Å². The highest BCUT2D eigenvalue weighted by Gasteiger charge is 2.29. The first-order chi connectivity index (χ1) is 11.7. The number of sulfone groups is 1. The van der Waals surface area contributed by atoms with Crippen LogP contribution in [-0.2, 0) is 20.4 Å². The van der Waals surface area contributed by atoms with E-state index in [1.165, 1.54) is 18.2 Å². The predicted molar refractivity (Wildman–Crippen MR) is 87.6 cm³/mol. The number of nitrogens with zero attached hydrogens (tertiary/aromatic N) is 2. The van der Waals surface area contributed by atoms with E-state index < -0.39 is 32.7 Å². The van der Waals surface area contributed by atoms with E-state index >= 15 is 0 Å². The Morgan fingerprint density at radius 2 is 1.96 bits per heavy atom. The van der Waals surface area contributed by atoms with Crippen molar-refractivity contribution < 1.29 is 22.0 Å². The average Bonchev–Trinajstić information content (AvgIpc) is 3.04. The maximum atomic E-state index is 13.7. The Bertz CT molecular complexity index is 849. The topological polar surface area (TPSA) is 102 Å². The molecule has 1 aromatic carbocycles. The molecule has 1 N–H and O–H groups in total. The van der Waals surface area contributed by atoms with Gasteiger partial charge >= 0.3 is 5.22 Å². The van der Waals surface area contributed by atoms with Crippen molar-refractivity contribution in [1.29, 1.82) is 0 Å². The lowest BCUT2D eigenvalue weighted by atomic mass is 10.0. The first-order valence-electron chi connectivity index (χ1n) is 7.83. The molecule has 0 aliphatic heterocycles. The second-order valence-corrected chi connectivity index (χ2v) is 7.77. The number of hydrogen-bond acceptors (Lipinski definition) is 6. The number of nitrogens with one attached hydrogen (secondary N) is 1. The van der Waals surface area contributed by atoms with Gasteiger partial charge in [0.2, 0.25) is 21.6 Å². The Labute approximate surface area is 145 Å². The molecule has 1 heterocycles. The first-order valence-corrected chi connectivity index (χ1v) is 9.48. The maximum absolute atomic E-state index is 13.7. The van der Waals surface area contributed by atoms with Gasteiger partial charge < -0.3 is 9.73 Å². The number of aromatic nitrogens is 2. The monoisotopic (exact) mass is 369 g/mol. The van der Waals surface area contributed by atoms with E-state index in [0.29, 0.717) is 0 Å². The van der Waals surface area contributed by atoms with E-state index in [1.54, 1.807) is 13.0 Å². The summed E-state index contributed by atoms with van der Waals surface area (Å²) < 4.78 is 43.7. The van der Waals surface area contributed by atoms with Crippen LogP contribution in [0.5, 0.6) is 0 Å². The van der Waals surface area contributed by atoms with E-state index in [0.717, 1.165) is 0 Å². The van der Waals surface area contributed by atoms with E-state index in [9.17, 15) is 17.6 Å². The third kappa shape index (κ3) is 4.62. The Morgan fingerprint density at radius 1 is 1.28 bits per heavy atom. The summed E-state index contributed by atoms with van der Waals surface area (Å²) in [6.45, 7) is 5.36. The Balaban J connectivity index is 2.26. The summed E-state index contributed by atoms with van der Waals surface area (Å²) in [7, 11) is -4.00. The lowest BCUT2D eigenvalue weighted by molar-refractivity contribution is -0.122. The second-order valence-electron chi connectivity index (χ2n) is 5.90. The lowest BCUT2D eigenvalue weighted by Crippen LogP contribution is -2.31. The first kappa shape index (κ1) is 19.0. The Morgan fingerprint density at radius 3 is 2.56 bits per heavy atom. The molecule has 0 saturated carbocycles. The molecule has 25 heavy (non-hydrogen) atoms. The highest BCUT2D eigenvalue weighted by atomic mass is 32.2. The fourth-order valence-corrected chi connectivity index (χ4v) is 3.29. The minimum absolute atomic E-state index is 0.00362. The van der Waals surface area contributed by atoms with Gasteiger partial charge in [0.1, 0.15) is 11.9 Å². The van der Waals surface area contributed by atoms with Crippen LogP contribution in [0.2, 0.25) is 0 Å². The summed E-state index contributed by atoms with van der Waals surface area (Å²) in [5, 5.41) is 9.44. The number of carbonyl (C=O) groups excluding carboxylic acids is 1. The van der Waals surface area contributed by atoms with Crippen molar-refractivity contribution in [2.24, 2.45) is 5.92 Å². The minimum Gasteiger partial charge on any atom is -0.410 e. The van der Waals surface area contributed by atoms with Crippen molar-refractivity contribution >= 4 is 15.7 Å². The van der Waals surface area contributed by atoms with E-state index in [1.807, 2.05) is 13.8 Å². The van der Waals surface area contributed by atoms with E-state index in [4.69, 9.17) is 4.42 Å². The molecule has 0 fully saturated rings. The smallest absolute Gasteiger partial charge is 0.335 e. The van der Waals surface area contributed by atoms with Crippen molar-refractivity contribution in [3.8, 4) is 0 Å². The van der Waals surface area contributed by atoms with Gasteiger partial charge in [0.15, 0.2) is 0 Å². The van der Waals surface area contributed by atoms with Gasteiger partial charge in [-0.3, -0.25) is 4.79 Å². The molecule has 7 nitrogen and oxygen atoms in total. The molecule has 0 unspecified atom stereocenters. The summed E-state index contributed by atoms with van der Waals surface area (Å²) in [6, 6.07) is 4.97. The number of rotatable bonds is 7. The highest BCUT2D eigenvalue weighted by Crippen LogP contribution is 2.24. The predicted octanol–water partition coefficient (Wildman–Crippen LogP) is 2.41. The van der Waals surface area contributed by atoms with Gasteiger partial charge in [-0.2, -0.15) is 0 Å². The van der Waals surface area contributed by atoms with Gasteiger partial charge in [-0.1, -0.05) is 44.1 Å². The molecule has 0 spiro atoms. The number of benzene rings is 1. The van der Waals surface area contributed by atoms with Gasteiger partial charge in [0, 0.05) is 12.0 Å². The Kier molecular flexibility index (Phi) is 5.89. The van der Waals surface area contributed by atoms with E-state index in [2.05, 4.69) is 15.5 Å². The maximum Gasteiger partial charge on any atom is 0.335 e. The molecule has 1 atom stereocenters. The largest absolute Gasteiger partial charge is 0.410 e. The van der Waals surface area contributed by atoms with Crippen LogP contribution >= 0.6 is 0 Å². The fourth-order valence-electron chi connectivity index (χ4n) is 2.14. The lowest BCUT2D eigenvalue weighted by Gasteiger charge is -2.18. The number of carbonyl (C=O) groups is 1. The van der Waals surface area contributed by atoms with Crippen LogP contribution in [0.15, 0.2) is 33.9 Å². The summed E-state index contributed by atoms with van der Waals surface area (Å²) in [4.78, 5) is 11.6. The zero-order valence-corrected chi connectivity index (χ0v) is 15.0. The van der Waals surface area contributed by atoms with Gasteiger partial charge in [0.25, 0.3) is 0 Å². The molecular formula is C16H20FN3O4S. The van der Waals surface area contributed by atoms with Crippen LogP contribution < -0.4 is 5.32 Å². The van der Waals surface area contributed by atoms with Crippen LogP contribution in [0.4, 0.5) is 4.39 Å². The van der Waals surface area contributed by atoms with Gasteiger partial charge in [-0.25, -0.2) is 12.8 Å². The number of halogens is 1. The van der Waals surface area contributed by atoms with Crippen molar-refractivity contribution in [1.82, 2.24) is 15.5 Å². The summed E-state index contributed by atoms with van der Waals surface area (Å²) in [6.07, 6.45) is 0.274. The van der Waals surface area contributed by atoms with Crippen molar-refractivity contribution in [3.63, 3.8) is 0 Å². The number of amides is 1. The van der Waals surface area contributed by atoms with Crippen LogP contribution in [0, 0.1) is 11.7 Å². The normalized spacial score (nSPS) is 13.0. The molecule has 0 radical (unpaired) electrons. The van der Waals surface area contributed by atoms with Crippen LogP contribution in [0.1, 0.15) is 44.7 Å². The third-order valence-corrected chi connectivity index (χ3v) is 4.95. The average molecular weight is 369 g/mol. The summed E-state index contributed by atoms with van der Waals surface area (Å²) in [5.41, 5.74) is 0.0157. The highest BCUT2D eigenvalue weighted by molar-refractivity contribution is 7.90. The SMILES string of the molecule is CCC(=O)N[C@H](c1nnc(S(=O)(=O)Cc2ccccc2F)o1)C(C)C. The Hall–Kier alpha value is -2.29. The second kappa shape index (κ2) is 7.73. The third-order valence-electron chi connectivity index (χ3n) is 3.56. The molecule has 0 bridgehead atoms. The minimum atomic E-state index is -4.00. The number of hydrogen-bond donors (Lipinski definition) is 1. The van der Waals surface area contributed by atoms with Crippen molar-refractivity contribution in [2.45, 2.75) is 44.2 Å². The van der Waals surface area contributed by atoms with Crippen molar-refractivity contribution in [3.05, 3.63) is 41.5 Å². The zero-order chi connectivity index (χ0) is 18.6. The quantitative estimate of drug-likeness (QED) is 0.804. The summed E-state index contributed by atoms with van der Waals surface area (Å²) >= 11 is 0. The van der Waals surface area contributed by atoms with Crippen LogP contribution in [0.25, 0.3) is 0 Å². The molecule has 0 aliphatic carbocycles. The molecule has 2 aromatic rings. The molecule has 1 amide bonds. The standard InChI is InChI=1S/C16H20FN3O4S/c1-4-13(21)18-14(10(2)3)15-19-20-16(24-15)25(22,23)9-11-7-5-6-8-12(11)17/h5-8,10,14H,4,9H2,1-3H3,(H,18,21)/t14-/m0/s1. The summed E-state index contributed by atoms with van der Waals surface area (Å²) in [5.74, 6) is -1.51. The van der Waals surface area contributed by atoms with Gasteiger partial charge in [-0.15, -0.1) is 5.10 Å². The molecule has 0 saturated heterocycles. The molecular weight excluding hydrogens is 349 g/mol. The fraction of sp³-hybridized carbons (Fsp3) is 0.438. The van der Waals surface area contributed by atoms with Gasteiger partial charge in [-0.05, 0) is 12.0 Å². The van der Waals surface area contributed by atoms with Crippen LogP contribution in [0.3, 0.4) is 0 Å².